The molecule has 0 saturated carbocycles. The molecular formula is C34H44F3N9OS2. The molecule has 6 rings (SSSR count). The van der Waals surface area contributed by atoms with E-state index < -0.39 is 23.6 Å². The van der Waals surface area contributed by atoms with Gasteiger partial charge in [-0.15, -0.1) is 11.3 Å². The molecule has 2 aliphatic heterocycles. The SMILES string of the molecule is CNc1nc(NC2CCN(Cc3ccc4c(cc(C#N)n4C[C@H](C)N4CCN(S(C)=O)CC4)c3C)CC2)c2c(C)c(CC(F)(F)F)sc2n1. The first-order valence-corrected chi connectivity index (χ1v) is 19.1. The van der Waals surface area contributed by atoms with Crippen molar-refractivity contribution in [2.75, 3.05) is 63.2 Å². The van der Waals surface area contributed by atoms with Gasteiger partial charge < -0.3 is 15.2 Å². The first-order chi connectivity index (χ1) is 23.3. The number of rotatable bonds is 10. The van der Waals surface area contributed by atoms with Crippen LogP contribution in [0.2, 0.25) is 0 Å². The van der Waals surface area contributed by atoms with Crippen molar-refractivity contribution in [2.45, 2.75) is 71.4 Å². The highest BCUT2D eigenvalue weighted by Gasteiger charge is 2.31. The Bertz CT molecular complexity index is 1880. The number of nitrogens with one attached hydrogen (secondary N) is 2. The Morgan fingerprint density at radius 3 is 2.45 bits per heavy atom. The number of fused-ring (bicyclic) bond motifs is 2. The van der Waals surface area contributed by atoms with Gasteiger partial charge in [0.2, 0.25) is 5.95 Å². The number of hydrogen-bond donors (Lipinski definition) is 2. The summed E-state index contributed by atoms with van der Waals surface area (Å²) in [6.45, 7) is 12.6. The Morgan fingerprint density at radius 2 is 1.82 bits per heavy atom. The highest BCUT2D eigenvalue weighted by molar-refractivity contribution is 7.81. The number of nitrogens with zero attached hydrogens (tertiary/aromatic N) is 7. The second kappa shape index (κ2) is 14.5. The van der Waals surface area contributed by atoms with Gasteiger partial charge in [-0.1, -0.05) is 6.07 Å². The average molecular weight is 716 g/mol. The van der Waals surface area contributed by atoms with E-state index >= 15 is 0 Å². The lowest BCUT2D eigenvalue weighted by Crippen LogP contribution is -2.50. The number of aryl methyl sites for hydroxylation is 2. The van der Waals surface area contributed by atoms with Crippen LogP contribution in [0.25, 0.3) is 21.1 Å². The number of alkyl halides is 3. The third-order valence-corrected chi connectivity index (χ3v) is 12.4. The maximum absolute atomic E-state index is 13.3. The van der Waals surface area contributed by atoms with Gasteiger partial charge in [0.25, 0.3) is 0 Å². The Kier molecular flexibility index (Phi) is 10.5. The molecule has 10 nitrogen and oxygen atoms in total. The molecular weight excluding hydrogens is 672 g/mol. The molecule has 0 aliphatic carbocycles. The van der Waals surface area contributed by atoms with Gasteiger partial charge in [-0.3, -0.25) is 9.80 Å². The normalized spacial score (nSPS) is 18.6. The van der Waals surface area contributed by atoms with Crippen LogP contribution in [0.5, 0.6) is 0 Å². The molecule has 2 fully saturated rings. The molecule has 2 aliphatic rings. The van der Waals surface area contributed by atoms with Crippen molar-refractivity contribution in [2.24, 2.45) is 0 Å². The monoisotopic (exact) mass is 715 g/mol. The summed E-state index contributed by atoms with van der Waals surface area (Å²) in [4.78, 5) is 14.7. The first kappa shape index (κ1) is 35.5. The van der Waals surface area contributed by atoms with Gasteiger partial charge in [0.1, 0.15) is 22.4 Å². The van der Waals surface area contributed by atoms with Crippen LogP contribution in [0.3, 0.4) is 0 Å². The fourth-order valence-electron chi connectivity index (χ4n) is 7.18. The van der Waals surface area contributed by atoms with Crippen molar-refractivity contribution in [3.63, 3.8) is 0 Å². The predicted molar refractivity (Wildman–Crippen MR) is 191 cm³/mol. The van der Waals surface area contributed by atoms with Gasteiger partial charge in [-0.05, 0) is 62.4 Å². The number of piperidine rings is 1. The van der Waals surface area contributed by atoms with Gasteiger partial charge in [-0.2, -0.15) is 23.4 Å². The van der Waals surface area contributed by atoms with E-state index in [1.165, 1.54) is 11.1 Å². The molecule has 15 heteroatoms. The van der Waals surface area contributed by atoms with Gasteiger partial charge >= 0.3 is 6.18 Å². The van der Waals surface area contributed by atoms with E-state index in [-0.39, 0.29) is 17.0 Å². The number of piperazine rings is 1. The Labute approximate surface area is 291 Å². The number of hydrogen-bond acceptors (Lipinski definition) is 9. The largest absolute Gasteiger partial charge is 0.393 e. The topological polar surface area (TPSA) is 105 Å². The molecule has 5 heterocycles. The second-order valence-electron chi connectivity index (χ2n) is 13.2. The van der Waals surface area contributed by atoms with Gasteiger partial charge in [0, 0.05) is 93.5 Å². The van der Waals surface area contributed by atoms with Crippen LogP contribution in [-0.2, 0) is 30.5 Å². The zero-order chi connectivity index (χ0) is 35.0. The quantitative estimate of drug-likeness (QED) is 0.217. The predicted octanol–water partition coefficient (Wildman–Crippen LogP) is 5.66. The lowest BCUT2D eigenvalue weighted by atomic mass is 10.0. The van der Waals surface area contributed by atoms with E-state index in [4.69, 9.17) is 0 Å². The molecule has 2 saturated heterocycles. The van der Waals surface area contributed by atoms with Crippen molar-refractivity contribution in [3.8, 4) is 6.07 Å². The number of halogens is 3. The summed E-state index contributed by atoms with van der Waals surface area (Å²) in [5, 5.41) is 18.3. The van der Waals surface area contributed by atoms with E-state index in [1.807, 2.05) is 10.4 Å². The van der Waals surface area contributed by atoms with Crippen molar-refractivity contribution in [3.05, 3.63) is 45.5 Å². The molecule has 4 aromatic rings. The first-order valence-electron chi connectivity index (χ1n) is 16.7. The number of anilines is 2. The zero-order valence-corrected chi connectivity index (χ0v) is 30.3. The Hall–Kier alpha value is -3.29. The highest BCUT2D eigenvalue weighted by atomic mass is 32.2. The maximum atomic E-state index is 13.3. The van der Waals surface area contributed by atoms with Gasteiger partial charge in [0.15, 0.2) is 0 Å². The van der Waals surface area contributed by atoms with Crippen molar-refractivity contribution < 1.29 is 17.4 Å². The molecule has 49 heavy (non-hydrogen) atoms. The molecule has 2 atom stereocenters. The molecule has 0 radical (unpaired) electrons. The molecule has 2 N–H and O–H groups in total. The second-order valence-corrected chi connectivity index (χ2v) is 15.7. The fraction of sp³-hybridized carbons (Fsp3) is 0.559. The number of thiophene rings is 1. The minimum Gasteiger partial charge on any atom is -0.367 e. The van der Waals surface area contributed by atoms with Crippen molar-refractivity contribution in [1.82, 2.24) is 28.6 Å². The molecule has 3 aromatic heterocycles. The van der Waals surface area contributed by atoms with Crippen molar-refractivity contribution in [1.29, 1.82) is 5.26 Å². The van der Waals surface area contributed by atoms with Crippen LogP contribution >= 0.6 is 11.3 Å². The third-order valence-electron chi connectivity index (χ3n) is 10.1. The van der Waals surface area contributed by atoms with Crippen LogP contribution in [0.1, 0.15) is 47.0 Å². The molecule has 1 unspecified atom stereocenters. The summed E-state index contributed by atoms with van der Waals surface area (Å²) >= 11 is 1.08. The average Bonchev–Trinajstić information content (AvgIpc) is 3.58. The van der Waals surface area contributed by atoms with Crippen LogP contribution in [-0.4, -0.2) is 104 Å². The fourth-order valence-corrected chi connectivity index (χ4v) is 9.07. The number of aromatic nitrogens is 3. The minimum atomic E-state index is -4.29. The summed E-state index contributed by atoms with van der Waals surface area (Å²) in [5.41, 5.74) is 4.74. The van der Waals surface area contributed by atoms with Crippen LogP contribution in [0, 0.1) is 25.2 Å². The number of benzene rings is 1. The lowest BCUT2D eigenvalue weighted by Gasteiger charge is -2.37. The van der Waals surface area contributed by atoms with Gasteiger partial charge in [0.05, 0.1) is 22.8 Å². The van der Waals surface area contributed by atoms with Gasteiger partial charge in [-0.25, -0.2) is 13.5 Å². The lowest BCUT2D eigenvalue weighted by molar-refractivity contribution is -0.126. The maximum Gasteiger partial charge on any atom is 0.393 e. The highest BCUT2D eigenvalue weighted by Crippen LogP contribution is 2.38. The van der Waals surface area contributed by atoms with Crippen molar-refractivity contribution >= 4 is 55.2 Å². The van der Waals surface area contributed by atoms with E-state index in [9.17, 15) is 22.6 Å². The summed E-state index contributed by atoms with van der Waals surface area (Å²) in [7, 11) is 0.760. The minimum absolute atomic E-state index is 0.134. The van der Waals surface area contributed by atoms with Crippen LogP contribution in [0.4, 0.5) is 24.9 Å². The molecule has 264 valence electrons. The Balaban J connectivity index is 1.12. The smallest absolute Gasteiger partial charge is 0.367 e. The number of likely N-dealkylation sites (tertiary alicyclic amines) is 1. The van der Waals surface area contributed by atoms with E-state index in [0.717, 1.165) is 80.9 Å². The Morgan fingerprint density at radius 1 is 1.10 bits per heavy atom. The standard InChI is InChI=1S/C34H44F3N9OS2/c1-21(44-12-14-45(15-13-44)49(5)47)19-46-26(18-38)16-27-22(2)24(6-7-28(27)46)20-43-10-8-25(9-11-43)40-31-30-23(3)29(17-34(35,36)37)48-32(30)42-33(39-4)41-31/h6-7,16,21,25H,8-15,17,19-20H2,1-5H3,(H2,39,40,41,42)/t21-,49?/m0/s1. The summed E-state index contributed by atoms with van der Waals surface area (Å²) in [5.74, 6) is 0.970. The van der Waals surface area contributed by atoms with Crippen LogP contribution < -0.4 is 10.6 Å². The molecule has 0 bridgehead atoms. The molecule has 1 aromatic carbocycles. The summed E-state index contributed by atoms with van der Waals surface area (Å²) in [6, 6.07) is 9.14. The summed E-state index contributed by atoms with van der Waals surface area (Å²) < 4.78 is 55.8. The van der Waals surface area contributed by atoms with Crippen LogP contribution in [0.15, 0.2) is 18.2 Å². The number of nitriles is 1. The molecule has 0 spiro atoms. The van der Waals surface area contributed by atoms with E-state index in [1.54, 1.807) is 20.2 Å². The zero-order valence-electron chi connectivity index (χ0n) is 28.7. The molecule has 0 amide bonds. The van der Waals surface area contributed by atoms with E-state index in [2.05, 4.69) is 67.0 Å². The third kappa shape index (κ3) is 7.73. The van der Waals surface area contributed by atoms with E-state index in [0.29, 0.717) is 39.8 Å². The summed E-state index contributed by atoms with van der Waals surface area (Å²) in [6.07, 6.45) is -1.79.